The third kappa shape index (κ3) is 6.46. The highest BCUT2D eigenvalue weighted by Crippen LogP contribution is 2.26. The highest BCUT2D eigenvalue weighted by atomic mass is 16.5. The molecule has 0 bridgehead atoms. The molecule has 0 spiro atoms. The summed E-state index contributed by atoms with van der Waals surface area (Å²) in [5.74, 6) is 0.467. The fourth-order valence-corrected chi connectivity index (χ4v) is 1.82. The van der Waals surface area contributed by atoms with Crippen molar-refractivity contribution in [1.29, 1.82) is 0 Å². The molecule has 1 rings (SSSR count). The number of nitrogens with one attached hydrogen (secondary N) is 1. The number of ether oxygens (including phenoxy) is 3. The van der Waals surface area contributed by atoms with Crippen molar-refractivity contribution in [3.8, 4) is 5.75 Å². The Morgan fingerprint density at radius 1 is 1.38 bits per heavy atom. The lowest BCUT2D eigenvalue weighted by Crippen LogP contribution is -2.17. The molecule has 1 unspecified atom stereocenters. The fraction of sp³-hybridized carbons (Fsp3) is 0.533. The number of amides is 1. The van der Waals surface area contributed by atoms with Crippen molar-refractivity contribution in [3.63, 3.8) is 0 Å². The number of nitrogen functional groups attached to an aromatic ring is 1. The van der Waals surface area contributed by atoms with E-state index in [0.717, 1.165) is 0 Å². The molecule has 1 atom stereocenters. The molecule has 0 radical (unpaired) electrons. The van der Waals surface area contributed by atoms with Crippen LogP contribution in [0.1, 0.15) is 19.8 Å². The fourth-order valence-electron chi connectivity index (χ4n) is 1.82. The predicted molar refractivity (Wildman–Crippen MR) is 82.6 cm³/mol. The zero-order valence-corrected chi connectivity index (χ0v) is 12.8. The number of carbonyl (C=O) groups excluding carboxylic acids is 1. The van der Waals surface area contributed by atoms with Gasteiger partial charge in [-0.05, 0) is 25.5 Å². The minimum atomic E-state index is -0.0823. The summed E-state index contributed by atoms with van der Waals surface area (Å²) in [6.45, 7) is 3.01. The number of hydrogen-bond acceptors (Lipinski definition) is 5. The first-order chi connectivity index (χ1) is 10.1. The van der Waals surface area contributed by atoms with Crippen molar-refractivity contribution in [3.05, 3.63) is 18.2 Å². The van der Waals surface area contributed by atoms with Crippen LogP contribution in [-0.2, 0) is 14.3 Å². The quantitative estimate of drug-likeness (QED) is 0.538. The van der Waals surface area contributed by atoms with Gasteiger partial charge in [-0.2, -0.15) is 0 Å². The molecule has 118 valence electrons. The summed E-state index contributed by atoms with van der Waals surface area (Å²) in [6.07, 6.45) is 1.07. The van der Waals surface area contributed by atoms with Crippen LogP contribution < -0.4 is 15.8 Å². The van der Waals surface area contributed by atoms with Crippen LogP contribution in [0.4, 0.5) is 11.4 Å². The van der Waals surface area contributed by atoms with Gasteiger partial charge in [0.2, 0.25) is 5.91 Å². The van der Waals surface area contributed by atoms with Gasteiger partial charge in [-0.3, -0.25) is 4.79 Å². The molecule has 0 fully saturated rings. The normalized spacial score (nSPS) is 12.0. The Kier molecular flexibility index (Phi) is 7.56. The van der Waals surface area contributed by atoms with E-state index in [-0.39, 0.29) is 12.0 Å². The molecule has 0 aromatic heterocycles. The van der Waals surface area contributed by atoms with Gasteiger partial charge >= 0.3 is 0 Å². The standard InChI is InChI=1S/C15H24N2O4/c1-11(10-19-2)21-8-4-5-15(18)17-13-7-6-12(16)9-14(13)20-3/h6-7,9,11H,4-5,8,10,16H2,1-3H3,(H,17,18). The zero-order valence-electron chi connectivity index (χ0n) is 12.8. The molecule has 1 aromatic rings. The monoisotopic (exact) mass is 296 g/mol. The molecule has 0 saturated carbocycles. The van der Waals surface area contributed by atoms with E-state index in [9.17, 15) is 4.79 Å². The van der Waals surface area contributed by atoms with Crippen LogP contribution in [0.3, 0.4) is 0 Å². The first kappa shape index (κ1) is 17.3. The summed E-state index contributed by atoms with van der Waals surface area (Å²) >= 11 is 0. The van der Waals surface area contributed by atoms with Gasteiger partial charge < -0.3 is 25.3 Å². The van der Waals surface area contributed by atoms with Gasteiger partial charge in [-0.25, -0.2) is 0 Å². The second-order valence-corrected chi connectivity index (χ2v) is 4.75. The first-order valence-electron chi connectivity index (χ1n) is 6.90. The maximum Gasteiger partial charge on any atom is 0.224 e. The van der Waals surface area contributed by atoms with Crippen LogP contribution in [0.2, 0.25) is 0 Å². The molecule has 1 amide bonds. The maximum absolute atomic E-state index is 11.9. The number of methoxy groups -OCH3 is 2. The van der Waals surface area contributed by atoms with Crippen LogP contribution in [0.15, 0.2) is 18.2 Å². The number of carbonyl (C=O) groups is 1. The molecule has 0 aliphatic heterocycles. The van der Waals surface area contributed by atoms with Crippen LogP contribution in [0.5, 0.6) is 5.75 Å². The van der Waals surface area contributed by atoms with Gasteiger partial charge in [-0.1, -0.05) is 0 Å². The highest BCUT2D eigenvalue weighted by molar-refractivity contribution is 5.92. The van der Waals surface area contributed by atoms with E-state index in [0.29, 0.717) is 43.2 Å². The third-order valence-electron chi connectivity index (χ3n) is 2.85. The van der Waals surface area contributed by atoms with E-state index in [4.69, 9.17) is 19.9 Å². The Balaban J connectivity index is 2.34. The summed E-state index contributed by atoms with van der Waals surface area (Å²) in [6, 6.07) is 5.11. The van der Waals surface area contributed by atoms with E-state index in [1.807, 2.05) is 6.92 Å². The summed E-state index contributed by atoms with van der Waals surface area (Å²) in [4.78, 5) is 11.9. The van der Waals surface area contributed by atoms with Crippen LogP contribution in [0.25, 0.3) is 0 Å². The van der Waals surface area contributed by atoms with Crippen LogP contribution in [-0.4, -0.2) is 39.4 Å². The van der Waals surface area contributed by atoms with Crippen molar-refractivity contribution in [2.24, 2.45) is 0 Å². The lowest BCUT2D eigenvalue weighted by molar-refractivity contribution is -0.116. The first-order valence-corrected chi connectivity index (χ1v) is 6.90. The zero-order chi connectivity index (χ0) is 15.7. The molecule has 0 aliphatic rings. The lowest BCUT2D eigenvalue weighted by Gasteiger charge is -2.12. The van der Waals surface area contributed by atoms with E-state index in [1.165, 1.54) is 7.11 Å². The van der Waals surface area contributed by atoms with E-state index >= 15 is 0 Å². The second-order valence-electron chi connectivity index (χ2n) is 4.75. The predicted octanol–water partition coefficient (Wildman–Crippen LogP) is 2.05. The Bertz CT molecular complexity index is 451. The highest BCUT2D eigenvalue weighted by Gasteiger charge is 2.08. The molecule has 1 aromatic carbocycles. The third-order valence-corrected chi connectivity index (χ3v) is 2.85. The van der Waals surface area contributed by atoms with Gasteiger partial charge in [0.05, 0.1) is 25.5 Å². The van der Waals surface area contributed by atoms with Crippen molar-refractivity contribution in [2.75, 3.05) is 38.5 Å². The van der Waals surface area contributed by atoms with Crippen molar-refractivity contribution in [1.82, 2.24) is 0 Å². The number of benzene rings is 1. The average Bonchev–Trinajstić information content (AvgIpc) is 2.46. The molecule has 6 heteroatoms. The SMILES string of the molecule is COCC(C)OCCCC(=O)Nc1ccc(N)cc1OC. The van der Waals surface area contributed by atoms with Gasteiger partial charge in [0.1, 0.15) is 5.75 Å². The van der Waals surface area contributed by atoms with Gasteiger partial charge in [0, 0.05) is 31.9 Å². The average molecular weight is 296 g/mol. The van der Waals surface area contributed by atoms with Gasteiger partial charge in [0.15, 0.2) is 0 Å². The minimum Gasteiger partial charge on any atom is -0.494 e. The summed E-state index contributed by atoms with van der Waals surface area (Å²) < 4.78 is 15.6. The van der Waals surface area contributed by atoms with Crippen molar-refractivity contribution in [2.45, 2.75) is 25.9 Å². The largest absolute Gasteiger partial charge is 0.494 e. The molecular weight excluding hydrogens is 272 g/mol. The molecule has 0 heterocycles. The van der Waals surface area contributed by atoms with Crippen molar-refractivity contribution < 1.29 is 19.0 Å². The molecule has 6 nitrogen and oxygen atoms in total. The van der Waals surface area contributed by atoms with E-state index in [2.05, 4.69) is 5.32 Å². The summed E-state index contributed by atoms with van der Waals surface area (Å²) in [7, 11) is 3.17. The summed E-state index contributed by atoms with van der Waals surface area (Å²) in [5.41, 5.74) is 6.87. The maximum atomic E-state index is 11.9. The smallest absolute Gasteiger partial charge is 0.224 e. The Labute approximate surface area is 125 Å². The minimum absolute atomic E-state index is 0.0373. The number of anilines is 2. The Morgan fingerprint density at radius 3 is 2.81 bits per heavy atom. The second kappa shape index (κ2) is 9.20. The molecule has 3 N–H and O–H groups in total. The molecule has 0 aliphatic carbocycles. The summed E-state index contributed by atoms with van der Waals surface area (Å²) in [5, 5.41) is 2.80. The molecule has 21 heavy (non-hydrogen) atoms. The lowest BCUT2D eigenvalue weighted by atomic mass is 10.2. The van der Waals surface area contributed by atoms with E-state index in [1.54, 1.807) is 25.3 Å². The van der Waals surface area contributed by atoms with Crippen molar-refractivity contribution >= 4 is 17.3 Å². The van der Waals surface area contributed by atoms with E-state index < -0.39 is 0 Å². The number of hydrogen-bond donors (Lipinski definition) is 2. The topological polar surface area (TPSA) is 82.8 Å². The Hall–Kier alpha value is -1.79. The van der Waals surface area contributed by atoms with Crippen LogP contribution in [0, 0.1) is 0 Å². The van der Waals surface area contributed by atoms with Crippen LogP contribution >= 0.6 is 0 Å². The molecule has 0 saturated heterocycles. The molecular formula is C15H24N2O4. The number of nitrogens with two attached hydrogens (primary N) is 1. The number of rotatable bonds is 9. The van der Waals surface area contributed by atoms with Gasteiger partial charge in [-0.15, -0.1) is 0 Å². The van der Waals surface area contributed by atoms with Gasteiger partial charge in [0.25, 0.3) is 0 Å². The Morgan fingerprint density at radius 2 is 2.14 bits per heavy atom.